The number of rotatable bonds is 8. The lowest BCUT2D eigenvalue weighted by atomic mass is 10.2. The van der Waals surface area contributed by atoms with Gasteiger partial charge in [-0.3, -0.25) is 9.69 Å². The number of nitrogens with zero attached hydrogens (tertiary/aromatic N) is 2. The Balaban J connectivity index is 1.99. The van der Waals surface area contributed by atoms with Crippen LogP contribution in [0.1, 0.15) is 17.6 Å². The minimum Gasteiger partial charge on any atom is -0.495 e. The van der Waals surface area contributed by atoms with E-state index in [-0.39, 0.29) is 12.5 Å². The smallest absolute Gasteiger partial charge is 0.238 e. The third-order valence-corrected chi connectivity index (χ3v) is 4.83. The number of carbonyl (C=O) groups is 1. The largest absolute Gasteiger partial charge is 0.495 e. The van der Waals surface area contributed by atoms with Crippen LogP contribution >= 0.6 is 22.9 Å². The van der Waals surface area contributed by atoms with Gasteiger partial charge in [-0.15, -0.1) is 11.3 Å². The van der Waals surface area contributed by atoms with Gasteiger partial charge < -0.3 is 14.8 Å². The predicted octanol–water partition coefficient (Wildman–Crippen LogP) is 3.45. The van der Waals surface area contributed by atoms with Gasteiger partial charge >= 0.3 is 0 Å². The normalized spacial score (nSPS) is 10.8. The van der Waals surface area contributed by atoms with Crippen LogP contribution in [-0.2, 0) is 17.8 Å². The van der Waals surface area contributed by atoms with Crippen molar-refractivity contribution in [3.05, 3.63) is 33.2 Å². The molecule has 0 aliphatic heterocycles. The van der Waals surface area contributed by atoms with Crippen molar-refractivity contribution < 1.29 is 14.3 Å². The molecule has 2 aromatic rings. The molecule has 0 atom stereocenters. The molecule has 0 unspecified atom stereocenters. The van der Waals surface area contributed by atoms with Gasteiger partial charge in [0.15, 0.2) is 0 Å². The first kappa shape index (κ1) is 19.5. The molecule has 0 saturated heterocycles. The lowest BCUT2D eigenvalue weighted by Gasteiger charge is -2.17. The third kappa shape index (κ3) is 5.32. The fourth-order valence-corrected chi connectivity index (χ4v) is 3.28. The van der Waals surface area contributed by atoms with Crippen molar-refractivity contribution >= 4 is 34.5 Å². The highest BCUT2D eigenvalue weighted by molar-refractivity contribution is 7.09. The van der Waals surface area contributed by atoms with Crippen LogP contribution in [0.15, 0.2) is 17.5 Å². The number of aryl methyl sites for hydroxylation is 1. The first-order chi connectivity index (χ1) is 12.0. The Labute approximate surface area is 156 Å². The number of carbonyl (C=O) groups excluding carboxylic acids is 1. The van der Waals surface area contributed by atoms with Crippen LogP contribution in [0.5, 0.6) is 11.5 Å². The van der Waals surface area contributed by atoms with E-state index in [1.807, 2.05) is 17.3 Å². The summed E-state index contributed by atoms with van der Waals surface area (Å²) in [4.78, 5) is 18.7. The summed E-state index contributed by atoms with van der Waals surface area (Å²) < 4.78 is 10.4. The van der Waals surface area contributed by atoms with Crippen molar-refractivity contribution in [2.45, 2.75) is 19.9 Å². The number of thiazole rings is 1. The second-order valence-corrected chi connectivity index (χ2v) is 6.84. The van der Waals surface area contributed by atoms with Crippen LogP contribution in [-0.4, -0.2) is 43.6 Å². The summed E-state index contributed by atoms with van der Waals surface area (Å²) in [5, 5.41) is 6.39. The Morgan fingerprint density at radius 2 is 2.04 bits per heavy atom. The molecule has 2 rings (SSSR count). The van der Waals surface area contributed by atoms with E-state index in [0.29, 0.717) is 28.8 Å². The maximum Gasteiger partial charge on any atom is 0.238 e. The van der Waals surface area contributed by atoms with Gasteiger partial charge in [0.2, 0.25) is 5.91 Å². The number of likely N-dealkylation sites (N-methyl/N-ethyl adjacent to an activating group) is 1. The van der Waals surface area contributed by atoms with E-state index in [1.54, 1.807) is 23.5 Å². The number of nitrogens with one attached hydrogen (secondary N) is 1. The number of hydrogen-bond acceptors (Lipinski definition) is 6. The van der Waals surface area contributed by atoms with Crippen LogP contribution in [0.4, 0.5) is 5.69 Å². The molecule has 0 fully saturated rings. The lowest BCUT2D eigenvalue weighted by molar-refractivity contribution is -0.117. The molecule has 1 aromatic heterocycles. The minimum absolute atomic E-state index is 0.156. The molecule has 0 spiro atoms. The SMILES string of the molecule is CCc1nc(CN(C)CC(=O)Nc2cc(OC)c(Cl)cc2OC)cs1. The molecule has 0 bridgehead atoms. The van der Waals surface area contributed by atoms with Crippen molar-refractivity contribution in [3.8, 4) is 11.5 Å². The van der Waals surface area contributed by atoms with Crippen LogP contribution in [0.25, 0.3) is 0 Å². The molecule has 136 valence electrons. The number of ether oxygens (including phenoxy) is 2. The van der Waals surface area contributed by atoms with Gasteiger partial charge in [0.1, 0.15) is 11.5 Å². The van der Waals surface area contributed by atoms with Gasteiger partial charge in [-0.2, -0.15) is 0 Å². The van der Waals surface area contributed by atoms with E-state index >= 15 is 0 Å². The van der Waals surface area contributed by atoms with Crippen LogP contribution in [0, 0.1) is 0 Å². The molecule has 0 saturated carbocycles. The number of amides is 1. The molecule has 1 heterocycles. The number of hydrogen-bond donors (Lipinski definition) is 1. The maximum absolute atomic E-state index is 12.3. The van der Waals surface area contributed by atoms with E-state index < -0.39 is 0 Å². The van der Waals surface area contributed by atoms with Gasteiger partial charge in [0, 0.05) is 24.1 Å². The molecule has 8 heteroatoms. The highest BCUT2D eigenvalue weighted by atomic mass is 35.5. The number of benzene rings is 1. The molecule has 6 nitrogen and oxygen atoms in total. The standard InChI is InChI=1S/C17H22ClN3O3S/c1-5-17-19-11(10-25-17)8-21(2)9-16(22)20-13-7-14(23-3)12(18)6-15(13)24-4/h6-7,10H,5,8-9H2,1-4H3,(H,20,22). The van der Waals surface area contributed by atoms with Crippen LogP contribution in [0.2, 0.25) is 5.02 Å². The summed E-state index contributed by atoms with van der Waals surface area (Å²) in [6.07, 6.45) is 0.924. The van der Waals surface area contributed by atoms with E-state index in [0.717, 1.165) is 17.1 Å². The second-order valence-electron chi connectivity index (χ2n) is 5.49. The molecule has 1 amide bonds. The van der Waals surface area contributed by atoms with Crippen molar-refractivity contribution in [3.63, 3.8) is 0 Å². The molecule has 0 aliphatic rings. The van der Waals surface area contributed by atoms with Crippen molar-refractivity contribution in [1.29, 1.82) is 0 Å². The zero-order valence-corrected chi connectivity index (χ0v) is 16.3. The fraction of sp³-hybridized carbons (Fsp3) is 0.412. The Morgan fingerprint density at radius 3 is 2.64 bits per heavy atom. The van der Waals surface area contributed by atoms with Gasteiger partial charge in [0.05, 0.1) is 42.2 Å². The summed E-state index contributed by atoms with van der Waals surface area (Å²) in [7, 11) is 4.92. The van der Waals surface area contributed by atoms with Gasteiger partial charge in [-0.05, 0) is 13.5 Å². The molecule has 1 aromatic carbocycles. The average Bonchev–Trinajstić information content (AvgIpc) is 3.03. The first-order valence-electron chi connectivity index (χ1n) is 7.80. The fourth-order valence-electron chi connectivity index (χ4n) is 2.31. The molecule has 0 aliphatic carbocycles. The Kier molecular flexibility index (Phi) is 7.04. The second kappa shape index (κ2) is 9.03. The number of anilines is 1. The van der Waals surface area contributed by atoms with Crippen LogP contribution < -0.4 is 14.8 Å². The van der Waals surface area contributed by atoms with E-state index in [4.69, 9.17) is 21.1 Å². The monoisotopic (exact) mass is 383 g/mol. The summed E-state index contributed by atoms with van der Waals surface area (Å²) >= 11 is 7.72. The third-order valence-electron chi connectivity index (χ3n) is 3.50. The predicted molar refractivity (Wildman–Crippen MR) is 101 cm³/mol. The van der Waals surface area contributed by atoms with E-state index in [1.165, 1.54) is 14.2 Å². The summed E-state index contributed by atoms with van der Waals surface area (Å²) in [6, 6.07) is 3.26. The Hall–Kier alpha value is -1.83. The van der Waals surface area contributed by atoms with E-state index in [2.05, 4.69) is 17.2 Å². The average molecular weight is 384 g/mol. The summed E-state index contributed by atoms with van der Waals surface area (Å²) in [5.74, 6) is 0.797. The van der Waals surface area contributed by atoms with E-state index in [9.17, 15) is 4.79 Å². The first-order valence-corrected chi connectivity index (χ1v) is 9.05. The number of halogens is 1. The quantitative estimate of drug-likeness (QED) is 0.756. The highest BCUT2D eigenvalue weighted by Crippen LogP contribution is 2.35. The molecule has 1 N–H and O–H groups in total. The summed E-state index contributed by atoms with van der Waals surface area (Å²) in [6.45, 7) is 2.92. The summed E-state index contributed by atoms with van der Waals surface area (Å²) in [5.41, 5.74) is 1.49. The topological polar surface area (TPSA) is 63.7 Å². The van der Waals surface area contributed by atoms with Gasteiger partial charge in [-0.25, -0.2) is 4.98 Å². The number of aromatic nitrogens is 1. The Morgan fingerprint density at radius 1 is 1.32 bits per heavy atom. The van der Waals surface area contributed by atoms with Crippen LogP contribution in [0.3, 0.4) is 0 Å². The lowest BCUT2D eigenvalue weighted by Crippen LogP contribution is -2.30. The zero-order valence-electron chi connectivity index (χ0n) is 14.8. The molecule has 25 heavy (non-hydrogen) atoms. The minimum atomic E-state index is -0.156. The van der Waals surface area contributed by atoms with Crippen molar-refractivity contribution in [1.82, 2.24) is 9.88 Å². The van der Waals surface area contributed by atoms with Gasteiger partial charge in [0.25, 0.3) is 0 Å². The molecule has 0 radical (unpaired) electrons. The highest BCUT2D eigenvalue weighted by Gasteiger charge is 2.14. The Bertz CT molecular complexity index is 736. The number of methoxy groups -OCH3 is 2. The molecular weight excluding hydrogens is 362 g/mol. The maximum atomic E-state index is 12.3. The molecular formula is C17H22ClN3O3S. The van der Waals surface area contributed by atoms with Gasteiger partial charge in [-0.1, -0.05) is 18.5 Å². The zero-order chi connectivity index (χ0) is 18.4. The van der Waals surface area contributed by atoms with Crippen molar-refractivity contribution in [2.24, 2.45) is 0 Å². The van der Waals surface area contributed by atoms with Crippen molar-refractivity contribution in [2.75, 3.05) is 33.1 Å².